The SMILES string of the molecule is NCC1CCN(S(=O)(=O)c2ccc(F)c([N+](=O)[O-])c2)CC1. The molecule has 0 amide bonds. The molecule has 1 aromatic rings. The molecule has 1 heterocycles. The maximum atomic E-state index is 13.3. The summed E-state index contributed by atoms with van der Waals surface area (Å²) in [5, 5.41) is 10.7. The lowest BCUT2D eigenvalue weighted by molar-refractivity contribution is -0.387. The summed E-state index contributed by atoms with van der Waals surface area (Å²) in [6.45, 7) is 1.14. The van der Waals surface area contributed by atoms with Crippen LogP contribution in [0.25, 0.3) is 0 Å². The Labute approximate surface area is 121 Å². The van der Waals surface area contributed by atoms with E-state index in [2.05, 4.69) is 0 Å². The molecule has 2 N–H and O–H groups in total. The zero-order valence-corrected chi connectivity index (χ0v) is 12.1. The van der Waals surface area contributed by atoms with Crippen molar-refractivity contribution in [2.75, 3.05) is 19.6 Å². The summed E-state index contributed by atoms with van der Waals surface area (Å²) >= 11 is 0. The number of hydrogen-bond donors (Lipinski definition) is 1. The first-order valence-corrected chi connectivity index (χ1v) is 7.94. The van der Waals surface area contributed by atoms with Crippen molar-refractivity contribution in [2.45, 2.75) is 17.7 Å². The summed E-state index contributed by atoms with van der Waals surface area (Å²) in [6.07, 6.45) is 1.30. The molecule has 116 valence electrons. The molecule has 1 saturated heterocycles. The Morgan fingerprint density at radius 3 is 2.52 bits per heavy atom. The van der Waals surface area contributed by atoms with Crippen molar-refractivity contribution in [2.24, 2.45) is 11.7 Å². The predicted octanol–water partition coefficient (Wildman–Crippen LogP) is 1.09. The van der Waals surface area contributed by atoms with Crippen LogP contribution in [0.3, 0.4) is 0 Å². The highest BCUT2D eigenvalue weighted by Gasteiger charge is 2.30. The fourth-order valence-electron chi connectivity index (χ4n) is 2.33. The third kappa shape index (κ3) is 3.20. The van der Waals surface area contributed by atoms with Gasteiger partial charge in [-0.15, -0.1) is 0 Å². The number of nitrogens with two attached hydrogens (primary N) is 1. The first-order valence-electron chi connectivity index (χ1n) is 6.50. The number of nitro benzene ring substituents is 1. The van der Waals surface area contributed by atoms with Gasteiger partial charge in [0.15, 0.2) is 0 Å². The highest BCUT2D eigenvalue weighted by atomic mass is 32.2. The molecule has 0 unspecified atom stereocenters. The van der Waals surface area contributed by atoms with Gasteiger partial charge in [0.1, 0.15) is 0 Å². The zero-order valence-electron chi connectivity index (χ0n) is 11.2. The average Bonchev–Trinajstić information content (AvgIpc) is 2.47. The zero-order chi connectivity index (χ0) is 15.6. The van der Waals surface area contributed by atoms with Crippen LogP contribution in [-0.2, 0) is 10.0 Å². The van der Waals surface area contributed by atoms with Gasteiger partial charge in [-0.1, -0.05) is 0 Å². The molecule has 1 aliphatic heterocycles. The van der Waals surface area contributed by atoms with E-state index in [1.807, 2.05) is 0 Å². The Balaban J connectivity index is 2.28. The quantitative estimate of drug-likeness (QED) is 0.661. The second-order valence-electron chi connectivity index (χ2n) is 4.95. The molecular formula is C12H16FN3O4S. The molecule has 0 bridgehead atoms. The van der Waals surface area contributed by atoms with E-state index in [0.29, 0.717) is 38.4 Å². The molecule has 1 fully saturated rings. The molecule has 21 heavy (non-hydrogen) atoms. The van der Waals surface area contributed by atoms with Gasteiger partial charge in [-0.05, 0) is 37.4 Å². The number of halogens is 1. The molecule has 0 aromatic heterocycles. The Morgan fingerprint density at radius 2 is 2.00 bits per heavy atom. The monoisotopic (exact) mass is 317 g/mol. The van der Waals surface area contributed by atoms with Crippen molar-refractivity contribution in [1.29, 1.82) is 0 Å². The lowest BCUT2D eigenvalue weighted by Crippen LogP contribution is -2.40. The van der Waals surface area contributed by atoms with E-state index in [9.17, 15) is 22.9 Å². The fourth-order valence-corrected chi connectivity index (χ4v) is 3.82. The van der Waals surface area contributed by atoms with Crippen molar-refractivity contribution in [1.82, 2.24) is 4.31 Å². The van der Waals surface area contributed by atoms with Crippen LogP contribution in [0.15, 0.2) is 23.1 Å². The van der Waals surface area contributed by atoms with E-state index in [1.54, 1.807) is 0 Å². The minimum absolute atomic E-state index is 0.262. The van der Waals surface area contributed by atoms with Gasteiger partial charge in [0.05, 0.1) is 9.82 Å². The lowest BCUT2D eigenvalue weighted by Gasteiger charge is -2.30. The molecule has 1 aliphatic rings. The first-order chi connectivity index (χ1) is 9.86. The molecule has 0 saturated carbocycles. The Kier molecular flexibility index (Phi) is 4.55. The molecule has 2 rings (SSSR count). The Morgan fingerprint density at radius 1 is 1.38 bits per heavy atom. The largest absolute Gasteiger partial charge is 0.330 e. The van der Waals surface area contributed by atoms with Gasteiger partial charge in [0.25, 0.3) is 0 Å². The van der Waals surface area contributed by atoms with Crippen LogP contribution >= 0.6 is 0 Å². The van der Waals surface area contributed by atoms with Crippen LogP contribution in [0.4, 0.5) is 10.1 Å². The summed E-state index contributed by atoms with van der Waals surface area (Å²) in [5.74, 6) is -0.764. The average molecular weight is 317 g/mol. The van der Waals surface area contributed by atoms with Crippen molar-refractivity contribution in [3.8, 4) is 0 Å². The molecule has 9 heteroatoms. The summed E-state index contributed by atoms with van der Waals surface area (Å²) in [4.78, 5) is 9.50. The number of sulfonamides is 1. The van der Waals surface area contributed by atoms with Crippen LogP contribution in [0.2, 0.25) is 0 Å². The summed E-state index contributed by atoms with van der Waals surface area (Å²) < 4.78 is 39.4. The van der Waals surface area contributed by atoms with E-state index in [4.69, 9.17) is 5.73 Å². The summed E-state index contributed by atoms with van der Waals surface area (Å²) in [5.41, 5.74) is 4.71. The highest BCUT2D eigenvalue weighted by molar-refractivity contribution is 7.89. The van der Waals surface area contributed by atoms with E-state index >= 15 is 0 Å². The predicted molar refractivity (Wildman–Crippen MR) is 73.6 cm³/mol. The molecule has 7 nitrogen and oxygen atoms in total. The summed E-state index contributed by atoms with van der Waals surface area (Å²) in [7, 11) is -3.85. The van der Waals surface area contributed by atoms with Gasteiger partial charge in [-0.3, -0.25) is 10.1 Å². The normalized spacial score (nSPS) is 17.8. The second-order valence-corrected chi connectivity index (χ2v) is 6.89. The van der Waals surface area contributed by atoms with Crippen LogP contribution < -0.4 is 5.73 Å². The molecule has 0 radical (unpaired) electrons. The van der Waals surface area contributed by atoms with Gasteiger partial charge < -0.3 is 5.73 Å². The third-order valence-electron chi connectivity index (χ3n) is 3.66. The van der Waals surface area contributed by atoms with Gasteiger partial charge >= 0.3 is 5.69 Å². The molecule has 0 aliphatic carbocycles. The van der Waals surface area contributed by atoms with Crippen molar-refractivity contribution in [3.63, 3.8) is 0 Å². The number of nitro groups is 1. The van der Waals surface area contributed by atoms with E-state index < -0.39 is 26.5 Å². The minimum atomic E-state index is -3.85. The smallest absolute Gasteiger partial charge is 0.306 e. The van der Waals surface area contributed by atoms with Crippen LogP contribution in [0.5, 0.6) is 0 Å². The number of benzene rings is 1. The van der Waals surface area contributed by atoms with Gasteiger partial charge in [-0.25, -0.2) is 8.42 Å². The number of piperidine rings is 1. The third-order valence-corrected chi connectivity index (χ3v) is 5.55. The number of rotatable bonds is 4. The number of nitrogens with zero attached hydrogens (tertiary/aromatic N) is 2. The number of hydrogen-bond acceptors (Lipinski definition) is 5. The lowest BCUT2D eigenvalue weighted by atomic mass is 9.99. The fraction of sp³-hybridized carbons (Fsp3) is 0.500. The summed E-state index contributed by atoms with van der Waals surface area (Å²) in [6, 6.07) is 2.62. The first kappa shape index (κ1) is 15.8. The van der Waals surface area contributed by atoms with Gasteiger partial charge in [0, 0.05) is 19.2 Å². The van der Waals surface area contributed by atoms with Gasteiger partial charge in [-0.2, -0.15) is 8.70 Å². The van der Waals surface area contributed by atoms with Crippen LogP contribution in [0, 0.1) is 21.8 Å². The standard InChI is InChI=1S/C12H16FN3O4S/c13-11-2-1-10(7-12(11)16(17)18)21(19,20)15-5-3-9(8-14)4-6-15/h1-2,7,9H,3-6,8,14H2. The van der Waals surface area contributed by atoms with Gasteiger partial charge in [0.2, 0.25) is 15.8 Å². The van der Waals surface area contributed by atoms with E-state index in [-0.39, 0.29) is 4.90 Å². The molecule has 1 aromatic carbocycles. The second kappa shape index (κ2) is 6.04. The Bertz CT molecular complexity index is 642. The van der Waals surface area contributed by atoms with Crippen molar-refractivity contribution < 1.29 is 17.7 Å². The molecule has 0 atom stereocenters. The van der Waals surface area contributed by atoms with E-state index in [1.165, 1.54) is 4.31 Å². The van der Waals surface area contributed by atoms with Crippen LogP contribution in [-0.4, -0.2) is 37.3 Å². The maximum Gasteiger partial charge on any atom is 0.306 e. The topological polar surface area (TPSA) is 107 Å². The van der Waals surface area contributed by atoms with E-state index in [0.717, 1.165) is 18.2 Å². The van der Waals surface area contributed by atoms with Crippen molar-refractivity contribution >= 4 is 15.7 Å². The van der Waals surface area contributed by atoms with Crippen molar-refractivity contribution in [3.05, 3.63) is 34.1 Å². The Hall–Kier alpha value is -1.58. The minimum Gasteiger partial charge on any atom is -0.330 e. The maximum absolute atomic E-state index is 13.3. The molecule has 0 spiro atoms. The molecular weight excluding hydrogens is 301 g/mol. The van der Waals surface area contributed by atoms with Crippen LogP contribution in [0.1, 0.15) is 12.8 Å². The highest BCUT2D eigenvalue weighted by Crippen LogP contribution is 2.27.